The van der Waals surface area contributed by atoms with Crippen molar-refractivity contribution < 1.29 is 21.4 Å². The first-order chi connectivity index (χ1) is 13.5. The van der Waals surface area contributed by atoms with Crippen LogP contribution in [0.15, 0.2) is 18.2 Å². The summed E-state index contributed by atoms with van der Waals surface area (Å²) in [5, 5.41) is 3.94. The molecule has 0 bridgehead atoms. The number of alkyl halides is 3. The van der Waals surface area contributed by atoms with Crippen LogP contribution < -0.4 is 10.6 Å². The van der Waals surface area contributed by atoms with E-state index in [1.807, 2.05) is 0 Å². The highest BCUT2D eigenvalue weighted by molar-refractivity contribution is 6.29. The third-order valence-corrected chi connectivity index (χ3v) is 2.59. The molecule has 0 spiro atoms. The Balaban J connectivity index is 2.66. The third kappa shape index (κ3) is 4.92. The molecule has 0 aliphatic rings. The van der Waals surface area contributed by atoms with Crippen LogP contribution in [0.3, 0.4) is 0 Å². The lowest BCUT2D eigenvalue weighted by atomic mass is 10.3. The van der Waals surface area contributed by atoms with Crippen LogP contribution in [0.1, 0.15) is 28.9 Å². The summed E-state index contributed by atoms with van der Waals surface area (Å²) in [5.41, 5.74) is -0.273. The van der Waals surface area contributed by atoms with E-state index in [4.69, 9.17) is 19.8 Å². The van der Waals surface area contributed by atoms with Gasteiger partial charge in [-0.2, -0.15) is 28.1 Å². The van der Waals surface area contributed by atoms with Crippen LogP contribution in [0, 0.1) is 0 Å². The van der Waals surface area contributed by atoms with Gasteiger partial charge in [-0.1, -0.05) is 17.7 Å². The van der Waals surface area contributed by atoms with E-state index in [1.54, 1.807) is 13.8 Å². The molecule has 0 aromatic carbocycles. The number of nitrogens with zero attached hydrogens (tertiary/aromatic N) is 4. The predicted octanol–water partition coefficient (Wildman–Crippen LogP) is 3.77. The minimum atomic E-state index is -5.51. The van der Waals surface area contributed by atoms with E-state index in [0.717, 1.165) is 6.07 Å². The quantitative estimate of drug-likeness (QED) is 0.784. The predicted molar refractivity (Wildman–Crippen MR) is 86.0 cm³/mol. The Morgan fingerprint density at radius 1 is 1.17 bits per heavy atom. The van der Waals surface area contributed by atoms with Crippen molar-refractivity contribution in [3.8, 4) is 11.5 Å². The van der Waals surface area contributed by atoms with Gasteiger partial charge in [0.2, 0.25) is 11.9 Å². The van der Waals surface area contributed by atoms with E-state index in [-0.39, 0.29) is 34.9 Å². The molecule has 0 aliphatic carbocycles. The fourth-order valence-corrected chi connectivity index (χ4v) is 1.62. The molecule has 2 aromatic heterocycles. The van der Waals surface area contributed by atoms with Crippen LogP contribution in [0.25, 0.3) is 11.5 Å². The summed E-state index contributed by atoms with van der Waals surface area (Å²) in [6.07, 6.45) is -5.51. The van der Waals surface area contributed by atoms with Crippen molar-refractivity contribution in [2.24, 2.45) is 0 Å². The van der Waals surface area contributed by atoms with Gasteiger partial charge in [-0.15, -0.1) is 0 Å². The van der Waals surface area contributed by atoms with Crippen LogP contribution in [0.4, 0.5) is 25.1 Å². The van der Waals surface area contributed by atoms with Gasteiger partial charge in [0, 0.05) is 10.2 Å². The van der Waals surface area contributed by atoms with E-state index in [2.05, 4.69) is 25.3 Å². The highest BCUT2D eigenvalue weighted by Crippen LogP contribution is 2.24. The third-order valence-electron chi connectivity index (χ3n) is 2.40. The van der Waals surface area contributed by atoms with Crippen LogP contribution >= 0.6 is 11.6 Å². The highest BCUT2D eigenvalue weighted by Gasteiger charge is 2.36. The zero-order valence-electron chi connectivity index (χ0n) is 18.5. The monoisotopic (exact) mass is 366 g/mol. The highest BCUT2D eigenvalue weighted by atomic mass is 35.5. The lowest BCUT2D eigenvalue weighted by molar-refractivity contribution is -0.138. The number of pyridine rings is 1. The summed E-state index contributed by atoms with van der Waals surface area (Å²) in [6.45, 7) is -0.453. The Bertz CT molecular complexity index is 926. The van der Waals surface area contributed by atoms with Gasteiger partial charge < -0.3 is 10.6 Å². The van der Waals surface area contributed by atoms with E-state index < -0.39 is 30.8 Å². The van der Waals surface area contributed by atoms with Gasteiger partial charge in [-0.05, 0) is 32.8 Å². The summed E-state index contributed by atoms with van der Waals surface area (Å²) in [6, 6.07) is -3.97. The second-order valence-corrected chi connectivity index (χ2v) is 5.15. The molecular formula is C14H16ClF3N6. The van der Waals surface area contributed by atoms with Gasteiger partial charge in [-0.25, -0.2) is 4.98 Å². The maximum Gasteiger partial charge on any atom is 0.408 e. The molecule has 0 unspecified atom stereocenters. The Morgan fingerprint density at radius 3 is 2.42 bits per heavy atom. The summed E-state index contributed by atoms with van der Waals surface area (Å²) in [5.74, 6) is -1.53. The van der Waals surface area contributed by atoms with Crippen LogP contribution in [-0.2, 0) is 0 Å². The van der Waals surface area contributed by atoms with Gasteiger partial charge in [0.05, 0.1) is 4.11 Å². The van der Waals surface area contributed by atoms with Crippen molar-refractivity contribution in [3.63, 3.8) is 0 Å². The van der Waals surface area contributed by atoms with Gasteiger partial charge in [0.1, 0.15) is 16.9 Å². The van der Waals surface area contributed by atoms with Gasteiger partial charge >= 0.3 is 6.18 Å². The topological polar surface area (TPSA) is 75.6 Å². The van der Waals surface area contributed by atoms with Crippen LogP contribution in [0.2, 0.25) is 5.15 Å². The molecule has 2 heterocycles. The molecule has 1 atom stereocenters. The molecule has 0 amide bonds. The van der Waals surface area contributed by atoms with Crippen molar-refractivity contribution in [2.45, 2.75) is 38.9 Å². The van der Waals surface area contributed by atoms with Crippen molar-refractivity contribution in [1.82, 2.24) is 19.9 Å². The molecule has 10 heteroatoms. The number of halogens is 4. The first-order valence-corrected chi connectivity index (χ1v) is 6.94. The second-order valence-electron chi connectivity index (χ2n) is 4.79. The standard InChI is InChI=1S/C14H16ClF3N6/c1-7(2)19-12-22-11(9-5-4-6-10(15)21-9)23-13(24-12)20-8(3)14(16,17)18/h4-8H,1-3H3,(H2,19,20,22,23,24)/t8-/m1/s1/i3D3,5D,6D,8D. The summed E-state index contributed by atoms with van der Waals surface area (Å²) in [4.78, 5) is 15.2. The lowest BCUT2D eigenvalue weighted by Crippen LogP contribution is -2.34. The van der Waals surface area contributed by atoms with E-state index in [9.17, 15) is 13.2 Å². The molecule has 0 fully saturated rings. The average molecular weight is 367 g/mol. The number of anilines is 2. The van der Waals surface area contributed by atoms with E-state index in [1.165, 1.54) is 5.32 Å². The summed E-state index contributed by atoms with van der Waals surface area (Å²) >= 11 is 5.79. The van der Waals surface area contributed by atoms with Crippen LogP contribution in [-0.4, -0.2) is 38.2 Å². The molecular weight excluding hydrogens is 345 g/mol. The minimum absolute atomic E-state index is 0.250. The fraction of sp³-hybridized carbons (Fsp3) is 0.429. The molecule has 0 saturated heterocycles. The Kier molecular flexibility index (Phi) is 3.40. The number of aromatic nitrogens is 4. The molecule has 6 nitrogen and oxygen atoms in total. The minimum Gasteiger partial charge on any atom is -0.352 e. The maximum atomic E-state index is 13.4. The SMILES string of the molecule is [2H]c1cc([2H])c(-c2nc(NC(C)C)nc(N[C@]([2H])(C([2H])([2H])[2H])C(F)(F)F)n2)nc1Cl. The van der Waals surface area contributed by atoms with Gasteiger partial charge in [0.15, 0.2) is 5.82 Å². The van der Waals surface area contributed by atoms with Crippen molar-refractivity contribution in [1.29, 1.82) is 0 Å². The molecule has 130 valence electrons. The first kappa shape index (κ1) is 11.4. The smallest absolute Gasteiger partial charge is 0.352 e. The first-order valence-electron chi connectivity index (χ1n) is 9.57. The van der Waals surface area contributed by atoms with E-state index in [0.29, 0.717) is 0 Å². The maximum absolute atomic E-state index is 13.4. The number of nitrogens with one attached hydrogen (secondary N) is 2. The van der Waals surface area contributed by atoms with Crippen molar-refractivity contribution in [3.05, 3.63) is 23.3 Å². The molecule has 2 N–H and O–H groups in total. The fourth-order valence-electron chi connectivity index (χ4n) is 1.48. The molecule has 2 rings (SSSR count). The zero-order valence-corrected chi connectivity index (χ0v) is 13.2. The molecule has 0 saturated carbocycles. The molecule has 2 aromatic rings. The molecule has 24 heavy (non-hydrogen) atoms. The Labute approximate surface area is 150 Å². The van der Waals surface area contributed by atoms with Gasteiger partial charge in [0.25, 0.3) is 0 Å². The summed E-state index contributed by atoms with van der Waals surface area (Å²) in [7, 11) is 0. The zero-order chi connectivity index (χ0) is 23.1. The summed E-state index contributed by atoms with van der Waals surface area (Å²) < 4.78 is 84.7. The van der Waals surface area contributed by atoms with E-state index >= 15 is 0 Å². The van der Waals surface area contributed by atoms with Crippen molar-refractivity contribution in [2.75, 3.05) is 10.6 Å². The average Bonchev–Trinajstić information content (AvgIpc) is 2.55. The van der Waals surface area contributed by atoms with Crippen molar-refractivity contribution >= 4 is 23.5 Å². The molecule has 0 radical (unpaired) electrons. The van der Waals surface area contributed by atoms with Crippen LogP contribution in [0.5, 0.6) is 0 Å². The number of hydrogen-bond donors (Lipinski definition) is 2. The molecule has 0 aliphatic heterocycles. The Hall–Kier alpha value is -2.16. The second kappa shape index (κ2) is 7.16. The number of rotatable bonds is 5. The Morgan fingerprint density at radius 2 is 1.83 bits per heavy atom. The lowest BCUT2D eigenvalue weighted by Gasteiger charge is -2.18. The normalized spacial score (nSPS) is 18.5. The van der Waals surface area contributed by atoms with Gasteiger partial charge in [-0.3, -0.25) is 0 Å². The number of hydrogen-bond acceptors (Lipinski definition) is 6. The largest absolute Gasteiger partial charge is 0.408 e.